The van der Waals surface area contributed by atoms with E-state index in [9.17, 15) is 4.79 Å². The van der Waals surface area contributed by atoms with Crippen molar-refractivity contribution in [1.29, 1.82) is 0 Å². The van der Waals surface area contributed by atoms with Crippen LogP contribution < -0.4 is 5.73 Å². The van der Waals surface area contributed by atoms with Crippen LogP contribution >= 0.6 is 0 Å². The minimum absolute atomic E-state index is 0.151. The van der Waals surface area contributed by atoms with Gasteiger partial charge >= 0.3 is 0 Å². The van der Waals surface area contributed by atoms with Crippen LogP contribution in [0.5, 0.6) is 0 Å². The molecule has 0 bridgehead atoms. The fraction of sp³-hybridized carbons (Fsp3) is 0.167. The molecule has 1 aromatic carbocycles. The molecule has 0 unspecified atom stereocenters. The van der Waals surface area contributed by atoms with E-state index in [0.717, 1.165) is 0 Å². The Morgan fingerprint density at radius 3 is 2.47 bits per heavy atom. The number of carbonyl (C=O) groups is 1. The number of anilines is 1. The largest absolute Gasteiger partial charge is 0.368 e. The van der Waals surface area contributed by atoms with Crippen LogP contribution in [-0.4, -0.2) is 16.0 Å². The average molecular weight is 229 g/mol. The molecule has 0 atom stereocenters. The molecule has 0 spiro atoms. The Balaban J connectivity index is 1.83. The number of nitrogen functional groups attached to an aromatic ring is 1. The molecule has 2 aromatic rings. The Kier molecular flexibility index (Phi) is 2.11. The minimum Gasteiger partial charge on any atom is -0.368 e. The fourth-order valence-electron chi connectivity index (χ4n) is 2.03. The van der Waals surface area contributed by atoms with E-state index in [2.05, 4.69) is 5.16 Å². The first-order valence-corrected chi connectivity index (χ1v) is 5.32. The maximum Gasteiger partial charge on any atom is 0.276 e. The van der Waals surface area contributed by atoms with Crippen molar-refractivity contribution < 1.29 is 9.32 Å². The average Bonchev–Trinajstić information content (AvgIpc) is 2.93. The van der Waals surface area contributed by atoms with Crippen molar-refractivity contribution in [3.63, 3.8) is 0 Å². The molecule has 0 fully saturated rings. The predicted molar refractivity (Wildman–Crippen MR) is 60.9 cm³/mol. The van der Waals surface area contributed by atoms with E-state index in [1.165, 1.54) is 17.2 Å². The zero-order chi connectivity index (χ0) is 11.8. The molecule has 86 valence electrons. The Hall–Kier alpha value is -2.30. The van der Waals surface area contributed by atoms with E-state index in [1.54, 1.807) is 4.90 Å². The smallest absolute Gasteiger partial charge is 0.276 e. The minimum atomic E-state index is -0.151. The van der Waals surface area contributed by atoms with Gasteiger partial charge in [0.25, 0.3) is 5.91 Å². The molecule has 17 heavy (non-hydrogen) atoms. The van der Waals surface area contributed by atoms with Crippen molar-refractivity contribution in [2.75, 3.05) is 5.73 Å². The van der Waals surface area contributed by atoms with Gasteiger partial charge in [-0.1, -0.05) is 29.4 Å². The third kappa shape index (κ3) is 1.65. The summed E-state index contributed by atoms with van der Waals surface area (Å²) in [5.41, 5.74) is 8.02. The lowest BCUT2D eigenvalue weighted by Crippen LogP contribution is -2.25. The fourth-order valence-corrected chi connectivity index (χ4v) is 2.03. The molecular weight excluding hydrogens is 218 g/mol. The Morgan fingerprint density at radius 2 is 1.94 bits per heavy atom. The molecule has 1 amide bonds. The molecule has 0 aliphatic carbocycles. The molecular formula is C12H11N3O2. The second-order valence-electron chi connectivity index (χ2n) is 4.04. The SMILES string of the molecule is Nc1cc(C(=O)N2Cc3ccccc3C2)no1. The summed E-state index contributed by atoms with van der Waals surface area (Å²) in [4.78, 5) is 13.8. The van der Waals surface area contributed by atoms with E-state index in [1.807, 2.05) is 24.3 Å². The van der Waals surface area contributed by atoms with Crippen molar-refractivity contribution in [1.82, 2.24) is 10.1 Å². The number of nitrogens with zero attached hydrogens (tertiary/aromatic N) is 2. The molecule has 5 heteroatoms. The van der Waals surface area contributed by atoms with Crippen LogP contribution in [0.3, 0.4) is 0 Å². The molecule has 1 aliphatic rings. The summed E-state index contributed by atoms with van der Waals surface area (Å²) in [6, 6.07) is 9.45. The van der Waals surface area contributed by atoms with Crippen LogP contribution in [0.15, 0.2) is 34.9 Å². The summed E-state index contributed by atoms with van der Waals surface area (Å²) >= 11 is 0. The number of hydrogen-bond acceptors (Lipinski definition) is 4. The van der Waals surface area contributed by atoms with E-state index in [4.69, 9.17) is 10.3 Å². The Bertz CT molecular complexity index is 552. The summed E-state index contributed by atoms with van der Waals surface area (Å²) in [5.74, 6) is 0.00621. The van der Waals surface area contributed by atoms with Crippen molar-refractivity contribution in [3.05, 3.63) is 47.2 Å². The Labute approximate surface area is 97.8 Å². The maximum absolute atomic E-state index is 12.1. The highest BCUT2D eigenvalue weighted by molar-refractivity contribution is 5.93. The van der Waals surface area contributed by atoms with Gasteiger partial charge in [-0.2, -0.15) is 0 Å². The van der Waals surface area contributed by atoms with Crippen molar-refractivity contribution >= 4 is 11.8 Å². The Morgan fingerprint density at radius 1 is 1.29 bits per heavy atom. The first kappa shape index (κ1) is 9.89. The van der Waals surface area contributed by atoms with Crippen molar-refractivity contribution in [2.24, 2.45) is 0 Å². The third-order valence-corrected chi connectivity index (χ3v) is 2.88. The van der Waals surface area contributed by atoms with Gasteiger partial charge in [-0.05, 0) is 11.1 Å². The molecule has 1 aliphatic heterocycles. The van der Waals surface area contributed by atoms with Crippen LogP contribution in [0.2, 0.25) is 0 Å². The number of carbonyl (C=O) groups excluding carboxylic acids is 1. The van der Waals surface area contributed by atoms with Crippen LogP contribution in [-0.2, 0) is 13.1 Å². The van der Waals surface area contributed by atoms with Gasteiger partial charge in [0.1, 0.15) is 0 Å². The number of nitrogens with two attached hydrogens (primary N) is 1. The second-order valence-corrected chi connectivity index (χ2v) is 4.04. The lowest BCUT2D eigenvalue weighted by molar-refractivity contribution is 0.0741. The molecule has 0 radical (unpaired) electrons. The number of hydrogen-bond donors (Lipinski definition) is 1. The van der Waals surface area contributed by atoms with Gasteiger partial charge in [0.15, 0.2) is 5.69 Å². The molecule has 0 saturated carbocycles. The normalized spacial score (nSPS) is 13.8. The van der Waals surface area contributed by atoms with Crippen LogP contribution in [0.1, 0.15) is 21.6 Å². The number of rotatable bonds is 1. The van der Waals surface area contributed by atoms with Gasteiger partial charge in [-0.25, -0.2) is 0 Å². The maximum atomic E-state index is 12.1. The topological polar surface area (TPSA) is 72.4 Å². The zero-order valence-corrected chi connectivity index (χ0v) is 9.09. The monoisotopic (exact) mass is 229 g/mol. The highest BCUT2D eigenvalue weighted by Gasteiger charge is 2.25. The number of aromatic nitrogens is 1. The van der Waals surface area contributed by atoms with Gasteiger partial charge in [0.2, 0.25) is 5.88 Å². The lowest BCUT2D eigenvalue weighted by atomic mass is 10.1. The summed E-state index contributed by atoms with van der Waals surface area (Å²) in [7, 11) is 0. The van der Waals surface area contributed by atoms with E-state index < -0.39 is 0 Å². The number of amides is 1. The van der Waals surface area contributed by atoms with E-state index in [-0.39, 0.29) is 17.5 Å². The van der Waals surface area contributed by atoms with Crippen LogP contribution in [0.25, 0.3) is 0 Å². The molecule has 2 heterocycles. The highest BCUT2D eigenvalue weighted by atomic mass is 16.5. The zero-order valence-electron chi connectivity index (χ0n) is 9.09. The summed E-state index contributed by atoms with van der Waals surface area (Å²) < 4.78 is 4.70. The van der Waals surface area contributed by atoms with Crippen LogP contribution in [0, 0.1) is 0 Å². The summed E-state index contributed by atoms with van der Waals surface area (Å²) in [6.45, 7) is 1.23. The molecule has 3 rings (SSSR count). The highest BCUT2D eigenvalue weighted by Crippen LogP contribution is 2.23. The van der Waals surface area contributed by atoms with Crippen LogP contribution in [0.4, 0.5) is 5.88 Å². The molecule has 1 aromatic heterocycles. The lowest BCUT2D eigenvalue weighted by Gasteiger charge is -2.12. The van der Waals surface area contributed by atoms with Gasteiger partial charge in [-0.15, -0.1) is 0 Å². The standard InChI is InChI=1S/C12H11N3O2/c13-11-5-10(14-17-11)12(16)15-6-8-3-1-2-4-9(8)7-15/h1-5H,6-7,13H2. The summed E-state index contributed by atoms with van der Waals surface area (Å²) in [5, 5.41) is 3.63. The number of benzene rings is 1. The van der Waals surface area contributed by atoms with Crippen molar-refractivity contribution in [2.45, 2.75) is 13.1 Å². The van der Waals surface area contributed by atoms with E-state index >= 15 is 0 Å². The first-order valence-electron chi connectivity index (χ1n) is 5.32. The number of fused-ring (bicyclic) bond motifs is 1. The molecule has 5 nitrogen and oxygen atoms in total. The molecule has 0 saturated heterocycles. The second kappa shape index (κ2) is 3.62. The predicted octanol–water partition coefficient (Wildman–Crippen LogP) is 1.41. The summed E-state index contributed by atoms with van der Waals surface area (Å²) in [6.07, 6.45) is 0. The van der Waals surface area contributed by atoms with Crippen molar-refractivity contribution in [3.8, 4) is 0 Å². The third-order valence-electron chi connectivity index (χ3n) is 2.88. The van der Waals surface area contributed by atoms with Gasteiger partial charge in [0, 0.05) is 19.2 Å². The van der Waals surface area contributed by atoms with E-state index in [0.29, 0.717) is 13.1 Å². The van der Waals surface area contributed by atoms with Gasteiger partial charge in [0.05, 0.1) is 0 Å². The molecule has 2 N–H and O–H groups in total. The first-order chi connectivity index (χ1) is 8.24. The quantitative estimate of drug-likeness (QED) is 0.802. The van der Waals surface area contributed by atoms with Gasteiger partial charge in [-0.3, -0.25) is 4.79 Å². The van der Waals surface area contributed by atoms with Gasteiger partial charge < -0.3 is 15.2 Å².